The average Bonchev–Trinajstić information content (AvgIpc) is 2.27. The molecule has 0 fully saturated rings. The van der Waals surface area contributed by atoms with E-state index in [9.17, 15) is 4.79 Å². The van der Waals surface area contributed by atoms with Gasteiger partial charge >= 0.3 is 5.97 Å². The van der Waals surface area contributed by atoms with E-state index in [4.69, 9.17) is 20.8 Å². The van der Waals surface area contributed by atoms with Gasteiger partial charge in [-0.05, 0) is 41.1 Å². The Bertz CT molecular complexity index is 459. The Labute approximate surface area is 112 Å². The van der Waals surface area contributed by atoms with E-state index in [2.05, 4.69) is 0 Å². The maximum atomic E-state index is 10.9. The van der Waals surface area contributed by atoms with Crippen molar-refractivity contribution in [1.29, 1.82) is 5.26 Å². The van der Waals surface area contributed by atoms with Crippen LogP contribution in [0.15, 0.2) is 12.1 Å². The smallest absolute Gasteiger partial charge is 0.344 e. The molecule has 0 aromatic heterocycles. The highest BCUT2D eigenvalue weighted by Crippen LogP contribution is 2.30. The van der Waals surface area contributed by atoms with Gasteiger partial charge in [0.1, 0.15) is 0 Å². The molecule has 0 spiro atoms. The monoisotopic (exact) mass is 346 g/mol. The molecule has 90 valence electrons. The fourth-order valence-electron chi connectivity index (χ4n) is 1.25. The van der Waals surface area contributed by atoms with Crippen LogP contribution in [0, 0.1) is 14.9 Å². The van der Waals surface area contributed by atoms with E-state index in [0.717, 1.165) is 0 Å². The van der Waals surface area contributed by atoms with Gasteiger partial charge in [0.25, 0.3) is 0 Å². The molecule has 0 aliphatic rings. The molecule has 1 aromatic carbocycles. The molecular formula is C11H11IN2O3. The molecule has 3 N–H and O–H groups in total. The zero-order valence-corrected chi connectivity index (χ0v) is 11.3. The number of carbonyl (C=O) groups is 1. The number of ether oxygens (including phenoxy) is 1. The topological polar surface area (TPSA) is 96.3 Å². The Morgan fingerprint density at radius 1 is 1.71 bits per heavy atom. The fraction of sp³-hybridized carbons (Fsp3) is 0.273. The second kappa shape index (κ2) is 5.72. The van der Waals surface area contributed by atoms with E-state index in [1.807, 2.05) is 28.7 Å². The summed E-state index contributed by atoms with van der Waals surface area (Å²) in [6, 6.07) is 5.03. The van der Waals surface area contributed by atoms with E-state index >= 15 is 0 Å². The summed E-state index contributed by atoms with van der Waals surface area (Å²) < 4.78 is 5.97. The second-order valence-electron chi connectivity index (χ2n) is 3.34. The lowest BCUT2D eigenvalue weighted by Crippen LogP contribution is -2.26. The summed E-state index contributed by atoms with van der Waals surface area (Å²) >= 11 is 1.96. The summed E-state index contributed by atoms with van der Waals surface area (Å²) in [7, 11) is 0. The van der Waals surface area contributed by atoms with Gasteiger partial charge in [0.05, 0.1) is 20.9 Å². The third kappa shape index (κ3) is 3.23. The van der Waals surface area contributed by atoms with Crippen LogP contribution in [0.1, 0.15) is 18.9 Å². The van der Waals surface area contributed by atoms with Crippen molar-refractivity contribution >= 4 is 34.2 Å². The molecule has 1 aromatic rings. The fourth-order valence-corrected chi connectivity index (χ4v) is 2.03. The Hall–Kier alpha value is -1.49. The first kappa shape index (κ1) is 13.6. The summed E-state index contributed by atoms with van der Waals surface area (Å²) in [6.45, 7) is 1.71. The molecule has 0 aliphatic carbocycles. The Kier molecular flexibility index (Phi) is 4.57. The number of nitrogens with two attached hydrogens (primary N) is 1. The average molecular weight is 346 g/mol. The van der Waals surface area contributed by atoms with E-state index < -0.39 is 12.1 Å². The van der Waals surface area contributed by atoms with Crippen molar-refractivity contribution in [3.8, 4) is 11.8 Å². The predicted octanol–water partition coefficient (Wildman–Crippen LogP) is 1.99. The van der Waals surface area contributed by atoms with Crippen molar-refractivity contribution in [2.75, 3.05) is 5.73 Å². The zero-order valence-electron chi connectivity index (χ0n) is 9.11. The molecule has 0 aliphatic heterocycles. The largest absolute Gasteiger partial charge is 0.479 e. The van der Waals surface area contributed by atoms with Gasteiger partial charge in [-0.25, -0.2) is 4.79 Å². The van der Waals surface area contributed by atoms with Crippen molar-refractivity contribution in [3.63, 3.8) is 0 Å². The summed E-state index contributed by atoms with van der Waals surface area (Å²) in [5.74, 6) is -0.717. The second-order valence-corrected chi connectivity index (χ2v) is 4.50. The number of hydrogen-bond donors (Lipinski definition) is 2. The van der Waals surface area contributed by atoms with Crippen molar-refractivity contribution in [2.24, 2.45) is 0 Å². The number of rotatable bonds is 4. The highest BCUT2D eigenvalue weighted by Gasteiger charge is 2.20. The third-order valence-corrected chi connectivity index (χ3v) is 2.91. The van der Waals surface area contributed by atoms with Crippen LogP contribution in [0.4, 0.5) is 5.69 Å². The van der Waals surface area contributed by atoms with E-state index in [1.165, 1.54) is 6.07 Å². The quantitative estimate of drug-likeness (QED) is 0.642. The van der Waals surface area contributed by atoms with Gasteiger partial charge in [-0.2, -0.15) is 5.26 Å². The molecular weight excluding hydrogens is 335 g/mol. The van der Waals surface area contributed by atoms with E-state index in [0.29, 0.717) is 21.3 Å². The van der Waals surface area contributed by atoms with Crippen molar-refractivity contribution in [2.45, 2.75) is 19.4 Å². The van der Waals surface area contributed by atoms with E-state index in [1.54, 1.807) is 13.0 Å². The van der Waals surface area contributed by atoms with Crippen LogP contribution < -0.4 is 10.5 Å². The Morgan fingerprint density at radius 3 is 2.76 bits per heavy atom. The number of anilines is 1. The number of nitrogens with zero attached hydrogens (tertiary/aromatic N) is 1. The van der Waals surface area contributed by atoms with Crippen LogP contribution in [0.25, 0.3) is 0 Å². The first-order chi connectivity index (χ1) is 7.99. The van der Waals surface area contributed by atoms with Gasteiger partial charge in [-0.3, -0.25) is 0 Å². The maximum absolute atomic E-state index is 10.9. The van der Waals surface area contributed by atoms with Gasteiger partial charge in [-0.1, -0.05) is 6.92 Å². The van der Waals surface area contributed by atoms with Gasteiger partial charge in [0.2, 0.25) is 0 Å². The van der Waals surface area contributed by atoms with E-state index in [-0.39, 0.29) is 5.69 Å². The van der Waals surface area contributed by atoms with Gasteiger partial charge in [0, 0.05) is 0 Å². The maximum Gasteiger partial charge on any atom is 0.344 e. The molecule has 17 heavy (non-hydrogen) atoms. The minimum Gasteiger partial charge on any atom is -0.479 e. The molecule has 6 heteroatoms. The number of nitriles is 1. The molecule has 0 heterocycles. The number of carboxylic acid groups (broad SMARTS) is 1. The van der Waals surface area contributed by atoms with Gasteiger partial charge in [-0.15, -0.1) is 0 Å². The standard InChI is InChI=1S/C11H11IN2O3/c1-2-9(11(15)16)17-10-7(12)3-6(5-13)4-8(10)14/h3-4,9H,2,14H2,1H3,(H,15,16). The van der Waals surface area contributed by atoms with Crippen LogP contribution >= 0.6 is 22.6 Å². The lowest BCUT2D eigenvalue weighted by Gasteiger charge is -2.16. The molecule has 0 saturated heterocycles. The Balaban J connectivity index is 3.07. The van der Waals surface area contributed by atoms with Crippen molar-refractivity contribution < 1.29 is 14.6 Å². The minimum absolute atomic E-state index is 0.271. The number of carboxylic acids is 1. The van der Waals surface area contributed by atoms with Gasteiger partial charge in [0.15, 0.2) is 11.9 Å². The first-order valence-electron chi connectivity index (χ1n) is 4.88. The molecule has 1 unspecified atom stereocenters. The lowest BCUT2D eigenvalue weighted by atomic mass is 10.2. The molecule has 0 bridgehead atoms. The molecule has 0 radical (unpaired) electrons. The minimum atomic E-state index is -1.04. The van der Waals surface area contributed by atoms with Crippen molar-refractivity contribution in [3.05, 3.63) is 21.3 Å². The van der Waals surface area contributed by atoms with Gasteiger partial charge < -0.3 is 15.6 Å². The number of halogens is 1. The number of nitrogen functional groups attached to an aromatic ring is 1. The normalized spacial score (nSPS) is 11.6. The van der Waals surface area contributed by atoms with Crippen LogP contribution in [0.2, 0.25) is 0 Å². The number of hydrogen-bond acceptors (Lipinski definition) is 4. The van der Waals surface area contributed by atoms with Crippen LogP contribution in [-0.2, 0) is 4.79 Å². The summed E-state index contributed by atoms with van der Waals surface area (Å²) in [6.07, 6.45) is -0.594. The number of aliphatic carboxylic acids is 1. The van der Waals surface area contributed by atoms with Crippen LogP contribution in [0.3, 0.4) is 0 Å². The molecule has 1 atom stereocenters. The molecule has 0 saturated carbocycles. The summed E-state index contributed by atoms with van der Waals surface area (Å²) in [5.41, 5.74) is 6.42. The highest BCUT2D eigenvalue weighted by atomic mass is 127. The van der Waals surface area contributed by atoms with Crippen LogP contribution in [-0.4, -0.2) is 17.2 Å². The Morgan fingerprint density at radius 2 is 2.35 bits per heavy atom. The van der Waals surface area contributed by atoms with Crippen LogP contribution in [0.5, 0.6) is 5.75 Å². The lowest BCUT2D eigenvalue weighted by molar-refractivity contribution is -0.145. The third-order valence-electron chi connectivity index (χ3n) is 2.11. The molecule has 1 rings (SSSR count). The predicted molar refractivity (Wildman–Crippen MR) is 70.6 cm³/mol. The number of benzene rings is 1. The molecule has 0 amide bonds. The molecule has 5 nitrogen and oxygen atoms in total. The highest BCUT2D eigenvalue weighted by molar-refractivity contribution is 14.1. The SMILES string of the molecule is CCC(Oc1c(N)cc(C#N)cc1I)C(=O)O. The summed E-state index contributed by atoms with van der Waals surface area (Å²) in [4.78, 5) is 10.9. The first-order valence-corrected chi connectivity index (χ1v) is 5.96. The zero-order chi connectivity index (χ0) is 13.0. The summed E-state index contributed by atoms with van der Waals surface area (Å²) in [5, 5.41) is 17.6. The van der Waals surface area contributed by atoms with Crippen molar-refractivity contribution in [1.82, 2.24) is 0 Å².